The van der Waals surface area contributed by atoms with Crippen LogP contribution in [0, 0.1) is 6.92 Å². The molecule has 0 amide bonds. The lowest BCUT2D eigenvalue weighted by Gasteiger charge is -2.28. The van der Waals surface area contributed by atoms with Crippen LogP contribution < -0.4 is 4.90 Å². The average molecular weight is 186 g/mol. The molecular formula is C12H14N2. The molecule has 0 radical (unpaired) electrons. The van der Waals surface area contributed by atoms with Crippen LogP contribution in [0.25, 0.3) is 0 Å². The summed E-state index contributed by atoms with van der Waals surface area (Å²) < 4.78 is 0. The van der Waals surface area contributed by atoms with Crippen LogP contribution in [0.3, 0.4) is 0 Å². The Morgan fingerprint density at radius 2 is 2.07 bits per heavy atom. The summed E-state index contributed by atoms with van der Waals surface area (Å²) in [6, 6.07) is 8.35. The van der Waals surface area contributed by atoms with Crippen LogP contribution in [0.15, 0.2) is 41.5 Å². The minimum Gasteiger partial charge on any atom is -0.325 e. The number of aryl methyl sites for hydroxylation is 1. The molecule has 0 aliphatic carbocycles. The number of nitrogens with zero attached hydrogens (tertiary/aromatic N) is 2. The molecule has 1 aliphatic rings. The molecular weight excluding hydrogens is 172 g/mol. The third-order valence-electron chi connectivity index (χ3n) is 2.43. The maximum absolute atomic E-state index is 4.34. The van der Waals surface area contributed by atoms with E-state index in [4.69, 9.17) is 0 Å². The Labute approximate surface area is 84.6 Å². The molecule has 0 aromatic heterocycles. The summed E-state index contributed by atoms with van der Waals surface area (Å²) in [5.74, 6) is 0. The van der Waals surface area contributed by atoms with Crippen LogP contribution in [-0.4, -0.2) is 12.4 Å². The van der Waals surface area contributed by atoms with Gasteiger partial charge in [0.25, 0.3) is 0 Å². The highest BCUT2D eigenvalue weighted by atomic mass is 15.2. The zero-order valence-corrected chi connectivity index (χ0v) is 8.51. The number of aliphatic imine (C=N–C) groups is 1. The molecule has 1 aliphatic heterocycles. The molecule has 1 atom stereocenters. The van der Waals surface area contributed by atoms with Crippen molar-refractivity contribution in [2.24, 2.45) is 4.99 Å². The van der Waals surface area contributed by atoms with E-state index >= 15 is 0 Å². The largest absolute Gasteiger partial charge is 0.325 e. The van der Waals surface area contributed by atoms with Crippen molar-refractivity contribution in [3.8, 4) is 0 Å². The number of benzene rings is 1. The fraction of sp³-hybridized carbons (Fsp3) is 0.250. The summed E-state index contributed by atoms with van der Waals surface area (Å²) in [7, 11) is 0. The average Bonchev–Trinajstić information content (AvgIpc) is 2.20. The number of para-hydroxylation sites is 1. The summed E-state index contributed by atoms with van der Waals surface area (Å²) in [5, 5.41) is 0. The molecule has 0 saturated heterocycles. The highest BCUT2D eigenvalue weighted by Crippen LogP contribution is 2.23. The van der Waals surface area contributed by atoms with Crippen molar-refractivity contribution < 1.29 is 0 Å². The van der Waals surface area contributed by atoms with Gasteiger partial charge in [0.15, 0.2) is 0 Å². The standard InChI is InChI=1S/C12H14N2/c1-10-6-3-4-7-12(10)14-9-5-8-13-11(14)2/h3-9,11H,1-2H3/t11-/m0/s1. The molecule has 2 rings (SSSR count). The van der Waals surface area contributed by atoms with E-state index in [0.717, 1.165) is 0 Å². The molecule has 14 heavy (non-hydrogen) atoms. The predicted molar refractivity (Wildman–Crippen MR) is 60.8 cm³/mol. The van der Waals surface area contributed by atoms with Crippen LogP contribution in [0.4, 0.5) is 5.69 Å². The van der Waals surface area contributed by atoms with E-state index in [0.29, 0.717) is 0 Å². The van der Waals surface area contributed by atoms with Gasteiger partial charge >= 0.3 is 0 Å². The van der Waals surface area contributed by atoms with Gasteiger partial charge in [0, 0.05) is 18.1 Å². The number of rotatable bonds is 1. The van der Waals surface area contributed by atoms with E-state index in [-0.39, 0.29) is 6.17 Å². The van der Waals surface area contributed by atoms with Crippen molar-refractivity contribution in [3.05, 3.63) is 42.1 Å². The van der Waals surface area contributed by atoms with Gasteiger partial charge in [-0.3, -0.25) is 4.99 Å². The van der Waals surface area contributed by atoms with Crippen LogP contribution in [0.2, 0.25) is 0 Å². The highest BCUT2D eigenvalue weighted by molar-refractivity contribution is 5.75. The number of anilines is 1. The van der Waals surface area contributed by atoms with Gasteiger partial charge in [0.2, 0.25) is 0 Å². The van der Waals surface area contributed by atoms with E-state index < -0.39 is 0 Å². The summed E-state index contributed by atoms with van der Waals surface area (Å²) in [5.41, 5.74) is 2.51. The summed E-state index contributed by atoms with van der Waals surface area (Å²) in [6.07, 6.45) is 6.08. The topological polar surface area (TPSA) is 15.6 Å². The first kappa shape index (κ1) is 9.00. The van der Waals surface area contributed by atoms with Crippen LogP contribution in [-0.2, 0) is 0 Å². The van der Waals surface area contributed by atoms with E-state index in [1.54, 1.807) is 0 Å². The zero-order valence-electron chi connectivity index (χ0n) is 8.51. The molecule has 72 valence electrons. The second-order valence-electron chi connectivity index (χ2n) is 3.47. The van der Waals surface area contributed by atoms with Crippen molar-refractivity contribution in [1.82, 2.24) is 0 Å². The first-order chi connectivity index (χ1) is 6.79. The maximum Gasteiger partial charge on any atom is 0.122 e. The Morgan fingerprint density at radius 3 is 2.79 bits per heavy atom. The first-order valence-corrected chi connectivity index (χ1v) is 4.83. The molecule has 0 fully saturated rings. The Bertz CT molecular complexity index is 380. The molecule has 2 heteroatoms. The summed E-state index contributed by atoms with van der Waals surface area (Å²) >= 11 is 0. The molecule has 0 bridgehead atoms. The predicted octanol–water partition coefficient (Wildman–Crippen LogP) is 2.75. The minimum atomic E-state index is 0.195. The normalized spacial score (nSPS) is 20.1. The van der Waals surface area contributed by atoms with Crippen LogP contribution >= 0.6 is 0 Å². The van der Waals surface area contributed by atoms with E-state index in [1.807, 2.05) is 12.3 Å². The van der Waals surface area contributed by atoms with Crippen molar-refractivity contribution in [1.29, 1.82) is 0 Å². The highest BCUT2D eigenvalue weighted by Gasteiger charge is 2.13. The van der Waals surface area contributed by atoms with Crippen molar-refractivity contribution in [2.75, 3.05) is 4.90 Å². The second kappa shape index (κ2) is 3.66. The summed E-state index contributed by atoms with van der Waals surface area (Å²) in [6.45, 7) is 4.21. The van der Waals surface area contributed by atoms with Crippen LogP contribution in [0.1, 0.15) is 12.5 Å². The van der Waals surface area contributed by atoms with Gasteiger partial charge in [-0.25, -0.2) is 0 Å². The van der Waals surface area contributed by atoms with Crippen LogP contribution in [0.5, 0.6) is 0 Å². The van der Waals surface area contributed by atoms with Crippen molar-refractivity contribution in [2.45, 2.75) is 20.0 Å². The van der Waals surface area contributed by atoms with Crippen molar-refractivity contribution in [3.63, 3.8) is 0 Å². The molecule has 0 spiro atoms. The lowest BCUT2D eigenvalue weighted by Crippen LogP contribution is -2.28. The molecule has 1 aromatic carbocycles. The Hall–Kier alpha value is -1.57. The second-order valence-corrected chi connectivity index (χ2v) is 3.47. The molecule has 1 heterocycles. The lowest BCUT2D eigenvalue weighted by atomic mass is 10.1. The molecule has 2 nitrogen and oxygen atoms in total. The smallest absolute Gasteiger partial charge is 0.122 e. The number of hydrogen-bond donors (Lipinski definition) is 0. The molecule has 1 aromatic rings. The Balaban J connectivity index is 2.36. The van der Waals surface area contributed by atoms with Gasteiger partial charge in [-0.1, -0.05) is 18.2 Å². The van der Waals surface area contributed by atoms with Gasteiger partial charge in [-0.05, 0) is 31.6 Å². The van der Waals surface area contributed by atoms with Gasteiger partial charge < -0.3 is 4.90 Å². The monoisotopic (exact) mass is 186 g/mol. The zero-order chi connectivity index (χ0) is 9.97. The number of allylic oxidation sites excluding steroid dienone is 1. The first-order valence-electron chi connectivity index (χ1n) is 4.83. The third-order valence-corrected chi connectivity index (χ3v) is 2.43. The maximum atomic E-state index is 4.34. The van der Waals surface area contributed by atoms with E-state index in [1.165, 1.54) is 11.3 Å². The fourth-order valence-electron chi connectivity index (χ4n) is 1.64. The van der Waals surface area contributed by atoms with Gasteiger partial charge in [0.1, 0.15) is 6.17 Å². The molecule has 0 saturated carbocycles. The Kier molecular flexibility index (Phi) is 2.35. The van der Waals surface area contributed by atoms with Gasteiger partial charge in [-0.2, -0.15) is 0 Å². The van der Waals surface area contributed by atoms with Crippen molar-refractivity contribution >= 4 is 11.9 Å². The molecule has 0 N–H and O–H groups in total. The third kappa shape index (κ3) is 1.55. The minimum absolute atomic E-state index is 0.195. The quantitative estimate of drug-likeness (QED) is 0.658. The molecule has 0 unspecified atom stereocenters. The van der Waals surface area contributed by atoms with Gasteiger partial charge in [0.05, 0.1) is 0 Å². The lowest BCUT2D eigenvalue weighted by molar-refractivity contribution is 0.743. The van der Waals surface area contributed by atoms with E-state index in [9.17, 15) is 0 Å². The fourth-order valence-corrected chi connectivity index (χ4v) is 1.64. The van der Waals surface area contributed by atoms with E-state index in [2.05, 4.69) is 54.2 Å². The SMILES string of the molecule is Cc1ccccc1N1C=CC=N[C@@H]1C. The summed E-state index contributed by atoms with van der Waals surface area (Å²) in [4.78, 5) is 6.52. The van der Waals surface area contributed by atoms with Gasteiger partial charge in [-0.15, -0.1) is 0 Å². The Morgan fingerprint density at radius 1 is 1.29 bits per heavy atom. The number of hydrogen-bond acceptors (Lipinski definition) is 2.